The average molecular weight is 993 g/mol. The van der Waals surface area contributed by atoms with Gasteiger partial charge in [-0.25, -0.2) is 8.78 Å². The Kier molecular flexibility index (Phi) is 11.6. The van der Waals surface area contributed by atoms with Crippen LogP contribution in [-0.4, -0.2) is 0 Å². The first kappa shape index (κ1) is 48.6. The van der Waals surface area contributed by atoms with Crippen LogP contribution in [0.5, 0.6) is 0 Å². The van der Waals surface area contributed by atoms with E-state index in [-0.39, 0.29) is 22.5 Å². The molecule has 76 heavy (non-hydrogen) atoms. The van der Waals surface area contributed by atoms with Gasteiger partial charge in [0.25, 0.3) is 0 Å². The van der Waals surface area contributed by atoms with Gasteiger partial charge in [0.2, 0.25) is 0 Å². The first-order valence-electron chi connectivity index (χ1n) is 26.5. The van der Waals surface area contributed by atoms with Crippen LogP contribution in [0.1, 0.15) is 74.9 Å². The van der Waals surface area contributed by atoms with Crippen molar-refractivity contribution < 1.29 is 8.78 Å². The fourth-order valence-electron chi connectivity index (χ4n) is 12.1. The Morgan fingerprint density at radius 1 is 0.329 bits per heavy atom. The summed E-state index contributed by atoms with van der Waals surface area (Å²) in [6.07, 6.45) is 0. The van der Waals surface area contributed by atoms with Crippen molar-refractivity contribution in [2.45, 2.75) is 80.1 Å². The number of aryl methyl sites for hydroxylation is 4. The van der Waals surface area contributed by atoms with Crippen LogP contribution >= 0.6 is 0 Å². The number of nitrogens with zero attached hydrogens (tertiary/aromatic N) is 2. The van der Waals surface area contributed by atoms with E-state index in [1.807, 2.05) is 24.3 Å². The van der Waals surface area contributed by atoms with E-state index in [9.17, 15) is 0 Å². The Bertz CT molecular complexity index is 3950. The van der Waals surface area contributed by atoms with Crippen LogP contribution in [0.25, 0.3) is 76.1 Å². The molecule has 0 bridgehead atoms. The maximum atomic E-state index is 16.7. The summed E-state index contributed by atoms with van der Waals surface area (Å²) in [5, 5.41) is 10.8. The molecule has 2 nitrogen and oxygen atoms in total. The van der Waals surface area contributed by atoms with E-state index in [0.29, 0.717) is 0 Å². The summed E-state index contributed by atoms with van der Waals surface area (Å²) >= 11 is 0. The quantitative estimate of drug-likeness (QED) is 0.140. The molecule has 0 aromatic heterocycles. The lowest BCUT2D eigenvalue weighted by Crippen LogP contribution is -2.17. The van der Waals surface area contributed by atoms with Crippen LogP contribution in [0, 0.1) is 39.3 Å². The van der Waals surface area contributed by atoms with Gasteiger partial charge in [0.1, 0.15) is 11.6 Å². The number of hydrogen-bond donors (Lipinski definition) is 0. The van der Waals surface area contributed by atoms with Gasteiger partial charge in [0.05, 0.1) is 22.7 Å². The van der Waals surface area contributed by atoms with E-state index >= 15 is 8.78 Å². The van der Waals surface area contributed by atoms with Gasteiger partial charge in [0.15, 0.2) is 0 Å². The number of halogens is 2. The Hall–Kier alpha value is -8.34. The highest BCUT2D eigenvalue weighted by Gasteiger charge is 2.28. The van der Waals surface area contributed by atoms with Crippen LogP contribution < -0.4 is 9.80 Å². The Morgan fingerprint density at radius 2 is 0.684 bits per heavy atom. The Labute approximate surface area is 445 Å². The average Bonchev–Trinajstić information content (AvgIpc) is 3.39. The molecule has 12 aromatic carbocycles. The summed E-state index contributed by atoms with van der Waals surface area (Å²) in [6.45, 7) is 22.2. The second-order valence-corrected chi connectivity index (χ2v) is 23.1. The molecular weight excluding hydrogens is 931 g/mol. The molecule has 0 N–H and O–H groups in total. The van der Waals surface area contributed by atoms with Crippen LogP contribution in [0.3, 0.4) is 0 Å². The lowest BCUT2D eigenvalue weighted by molar-refractivity contribution is 0.589. The zero-order valence-electron chi connectivity index (χ0n) is 45.1. The molecule has 0 amide bonds. The van der Waals surface area contributed by atoms with Crippen molar-refractivity contribution in [1.82, 2.24) is 0 Å². The van der Waals surface area contributed by atoms with Crippen LogP contribution in [0.4, 0.5) is 42.9 Å². The van der Waals surface area contributed by atoms with E-state index in [1.165, 1.54) is 11.1 Å². The van der Waals surface area contributed by atoms with E-state index in [4.69, 9.17) is 0 Å². The molecule has 0 aliphatic carbocycles. The third kappa shape index (κ3) is 8.32. The molecule has 0 spiro atoms. The normalized spacial score (nSPS) is 12.2. The minimum atomic E-state index is -0.309. The third-order valence-corrected chi connectivity index (χ3v) is 15.7. The van der Waals surface area contributed by atoms with Crippen LogP contribution in [0.15, 0.2) is 194 Å². The molecule has 0 saturated heterocycles. The van der Waals surface area contributed by atoms with Crippen LogP contribution in [0.2, 0.25) is 0 Å². The lowest BCUT2D eigenvalue weighted by atomic mass is 9.84. The summed E-state index contributed by atoms with van der Waals surface area (Å²) in [5.41, 5.74) is 15.7. The molecule has 0 heterocycles. The van der Waals surface area contributed by atoms with Gasteiger partial charge >= 0.3 is 0 Å². The summed E-state index contributed by atoms with van der Waals surface area (Å²) in [5.74, 6) is -0.617. The highest BCUT2D eigenvalue weighted by atomic mass is 19.1. The van der Waals surface area contributed by atoms with Crippen molar-refractivity contribution in [3.8, 4) is 22.3 Å². The number of rotatable bonds is 8. The number of hydrogen-bond acceptors (Lipinski definition) is 2. The van der Waals surface area contributed by atoms with Gasteiger partial charge in [-0.2, -0.15) is 0 Å². The maximum absolute atomic E-state index is 16.7. The molecule has 12 rings (SSSR count). The lowest BCUT2D eigenvalue weighted by Gasteiger charge is -2.33. The van der Waals surface area contributed by atoms with E-state index in [0.717, 1.165) is 132 Å². The first-order chi connectivity index (χ1) is 36.4. The van der Waals surface area contributed by atoms with E-state index in [1.54, 1.807) is 24.3 Å². The van der Waals surface area contributed by atoms with Crippen molar-refractivity contribution in [2.75, 3.05) is 9.80 Å². The fraction of sp³-hybridized carbons (Fsp3) is 0.167. The van der Waals surface area contributed by atoms with Crippen molar-refractivity contribution in [3.63, 3.8) is 0 Å². The topological polar surface area (TPSA) is 6.48 Å². The van der Waals surface area contributed by atoms with Crippen molar-refractivity contribution in [1.29, 1.82) is 0 Å². The predicted octanol–water partition coefficient (Wildman–Crippen LogP) is 21.3. The summed E-state index contributed by atoms with van der Waals surface area (Å²) in [7, 11) is 0. The van der Waals surface area contributed by atoms with E-state index in [2.05, 4.69) is 225 Å². The molecular formula is C72H62F2N2. The molecule has 374 valence electrons. The molecule has 12 aromatic rings. The van der Waals surface area contributed by atoms with Crippen molar-refractivity contribution in [3.05, 3.63) is 239 Å². The standard InChI is InChI=1S/C72H62F2N2/c1-43-33-53(71(5,6)7)34-44(2)69(43)75(57-39-51(37-55(73)41-57)61-23-15-19-47-17-11-13-21-59(47)61)65-31-27-49-26-30-64-66(32-28-50-25-29-63(65)67(49)68(50)64)76(70-45(3)35-54(36-46(70)4)72(8,9)10)58-40-52(38-56(74)42-58)62-24-16-20-48-18-12-14-22-60(48)62/h11-42H,1-10H3. The smallest absolute Gasteiger partial charge is 0.125 e. The monoisotopic (exact) mass is 992 g/mol. The summed E-state index contributed by atoms with van der Waals surface area (Å²) in [4.78, 5) is 4.58. The predicted molar refractivity (Wildman–Crippen MR) is 322 cm³/mol. The molecule has 0 radical (unpaired) electrons. The van der Waals surface area contributed by atoms with Crippen molar-refractivity contribution in [2.24, 2.45) is 0 Å². The summed E-state index contributed by atoms with van der Waals surface area (Å²) in [6, 6.07) is 67.1. The van der Waals surface area contributed by atoms with Crippen LogP contribution in [-0.2, 0) is 10.8 Å². The first-order valence-corrected chi connectivity index (χ1v) is 26.5. The fourth-order valence-corrected chi connectivity index (χ4v) is 12.1. The molecule has 0 fully saturated rings. The molecule has 0 unspecified atom stereocenters. The summed E-state index contributed by atoms with van der Waals surface area (Å²) < 4.78 is 33.3. The number of benzene rings is 12. The minimum Gasteiger partial charge on any atom is -0.309 e. The molecule has 0 aliphatic rings. The Balaban J connectivity index is 1.12. The van der Waals surface area contributed by atoms with Gasteiger partial charge < -0.3 is 9.80 Å². The molecule has 0 saturated carbocycles. The van der Waals surface area contributed by atoms with E-state index < -0.39 is 0 Å². The number of anilines is 6. The van der Waals surface area contributed by atoms with Gasteiger partial charge in [-0.15, -0.1) is 0 Å². The van der Waals surface area contributed by atoms with Gasteiger partial charge in [-0.05, 0) is 186 Å². The van der Waals surface area contributed by atoms with Gasteiger partial charge in [-0.1, -0.05) is 187 Å². The Morgan fingerprint density at radius 3 is 1.07 bits per heavy atom. The second-order valence-electron chi connectivity index (χ2n) is 23.1. The number of fused-ring (bicyclic) bond motifs is 2. The largest absolute Gasteiger partial charge is 0.309 e. The highest BCUT2D eigenvalue weighted by Crippen LogP contribution is 2.51. The highest BCUT2D eigenvalue weighted by molar-refractivity contribution is 6.28. The second kappa shape index (κ2) is 18.2. The maximum Gasteiger partial charge on any atom is 0.125 e. The zero-order valence-corrected chi connectivity index (χ0v) is 45.1. The zero-order chi connectivity index (χ0) is 52.9. The van der Waals surface area contributed by atoms with Gasteiger partial charge in [-0.3, -0.25) is 0 Å². The molecule has 0 atom stereocenters. The van der Waals surface area contributed by atoms with Crippen molar-refractivity contribution >= 4 is 88.0 Å². The molecule has 4 heteroatoms. The van der Waals surface area contributed by atoms with Gasteiger partial charge in [0, 0.05) is 22.1 Å². The molecule has 0 aliphatic heterocycles. The third-order valence-electron chi connectivity index (χ3n) is 15.7. The SMILES string of the molecule is Cc1cc(C(C)(C)C)cc(C)c1N(c1cc(F)cc(-c2cccc3ccccc23)c1)c1ccc2ccc3c(N(c4cc(F)cc(-c5cccc6ccccc56)c4)c4c(C)cc(C(C)(C)C)cc4C)ccc4ccc1c2c43. The minimum absolute atomic E-state index is 0.0768.